The van der Waals surface area contributed by atoms with Gasteiger partial charge in [-0.2, -0.15) is 0 Å². The molecular formula is C15H19FN4. The van der Waals surface area contributed by atoms with Crippen LogP contribution in [0.15, 0.2) is 36.7 Å². The topological polar surface area (TPSA) is 49.8 Å². The quantitative estimate of drug-likeness (QED) is 0.845. The molecule has 0 saturated heterocycles. The van der Waals surface area contributed by atoms with E-state index in [2.05, 4.69) is 27.5 Å². The van der Waals surface area contributed by atoms with Crippen LogP contribution in [0.2, 0.25) is 0 Å². The Morgan fingerprint density at radius 2 is 2.00 bits per heavy atom. The second-order valence-corrected chi connectivity index (χ2v) is 4.64. The summed E-state index contributed by atoms with van der Waals surface area (Å²) in [6, 6.07) is 8.38. The van der Waals surface area contributed by atoms with Crippen LogP contribution >= 0.6 is 0 Å². The first kappa shape index (κ1) is 14.2. The summed E-state index contributed by atoms with van der Waals surface area (Å²) in [5.74, 6) is 1.27. The van der Waals surface area contributed by atoms with Crippen molar-refractivity contribution in [3.63, 3.8) is 0 Å². The summed E-state index contributed by atoms with van der Waals surface area (Å²) in [7, 11) is 0. The zero-order valence-electron chi connectivity index (χ0n) is 11.7. The molecule has 0 aliphatic carbocycles. The predicted molar refractivity (Wildman–Crippen MR) is 79.3 cm³/mol. The maximum Gasteiger partial charge on any atom is 0.131 e. The van der Waals surface area contributed by atoms with E-state index >= 15 is 0 Å². The lowest BCUT2D eigenvalue weighted by atomic mass is 10.1. The van der Waals surface area contributed by atoms with Crippen LogP contribution in [0.3, 0.4) is 0 Å². The lowest BCUT2D eigenvalue weighted by Gasteiger charge is -2.15. The van der Waals surface area contributed by atoms with Crippen LogP contribution in [0, 0.1) is 5.82 Å². The van der Waals surface area contributed by atoms with Gasteiger partial charge >= 0.3 is 0 Å². The van der Waals surface area contributed by atoms with E-state index in [1.54, 1.807) is 6.07 Å². The Morgan fingerprint density at radius 1 is 1.20 bits per heavy atom. The van der Waals surface area contributed by atoms with Crippen LogP contribution in [0.5, 0.6) is 0 Å². The molecule has 1 heterocycles. The van der Waals surface area contributed by atoms with Crippen molar-refractivity contribution in [2.24, 2.45) is 0 Å². The first-order valence-corrected chi connectivity index (χ1v) is 6.77. The average Bonchev–Trinajstić information content (AvgIpc) is 2.45. The molecule has 0 fully saturated rings. The molecule has 0 saturated carbocycles. The number of hydrogen-bond acceptors (Lipinski definition) is 4. The first-order chi connectivity index (χ1) is 9.69. The van der Waals surface area contributed by atoms with Crippen LogP contribution < -0.4 is 10.6 Å². The Morgan fingerprint density at radius 3 is 2.75 bits per heavy atom. The van der Waals surface area contributed by atoms with Crippen molar-refractivity contribution >= 4 is 11.6 Å². The minimum absolute atomic E-state index is 0.0281. The van der Waals surface area contributed by atoms with Gasteiger partial charge in [0.25, 0.3) is 0 Å². The largest absolute Gasteiger partial charge is 0.370 e. The summed E-state index contributed by atoms with van der Waals surface area (Å²) in [5, 5.41) is 6.45. The summed E-state index contributed by atoms with van der Waals surface area (Å²) in [6.45, 7) is 4.94. The minimum Gasteiger partial charge on any atom is -0.370 e. The number of nitrogens with zero attached hydrogens (tertiary/aromatic N) is 2. The molecule has 5 heteroatoms. The monoisotopic (exact) mass is 274 g/mol. The van der Waals surface area contributed by atoms with Crippen molar-refractivity contribution in [3.8, 4) is 0 Å². The van der Waals surface area contributed by atoms with Crippen molar-refractivity contribution in [1.82, 2.24) is 9.97 Å². The van der Waals surface area contributed by atoms with Gasteiger partial charge in [-0.15, -0.1) is 0 Å². The van der Waals surface area contributed by atoms with Gasteiger partial charge in [0.1, 0.15) is 23.8 Å². The Kier molecular flexibility index (Phi) is 4.87. The highest BCUT2D eigenvalue weighted by Gasteiger charge is 2.07. The van der Waals surface area contributed by atoms with Crippen molar-refractivity contribution in [2.75, 3.05) is 17.2 Å². The molecule has 2 N–H and O–H groups in total. The lowest BCUT2D eigenvalue weighted by Crippen LogP contribution is -2.09. The van der Waals surface area contributed by atoms with Crippen molar-refractivity contribution in [2.45, 2.75) is 26.3 Å². The van der Waals surface area contributed by atoms with Gasteiger partial charge in [0.2, 0.25) is 0 Å². The predicted octanol–water partition coefficient (Wildman–Crippen LogP) is 3.61. The van der Waals surface area contributed by atoms with Gasteiger partial charge in [0.05, 0.1) is 6.04 Å². The van der Waals surface area contributed by atoms with Crippen LogP contribution in [-0.4, -0.2) is 16.5 Å². The lowest BCUT2D eigenvalue weighted by molar-refractivity contribution is 0.623. The number of nitrogens with one attached hydrogen (secondary N) is 2. The molecule has 106 valence electrons. The van der Waals surface area contributed by atoms with Gasteiger partial charge in [-0.3, -0.25) is 0 Å². The Labute approximate surface area is 118 Å². The van der Waals surface area contributed by atoms with E-state index in [9.17, 15) is 4.39 Å². The van der Waals surface area contributed by atoms with E-state index in [1.165, 1.54) is 18.5 Å². The molecule has 2 aromatic rings. The van der Waals surface area contributed by atoms with E-state index in [0.717, 1.165) is 30.2 Å². The third-order valence-electron chi connectivity index (χ3n) is 2.94. The molecule has 20 heavy (non-hydrogen) atoms. The number of rotatable bonds is 6. The first-order valence-electron chi connectivity index (χ1n) is 6.77. The average molecular weight is 274 g/mol. The molecule has 0 aliphatic heterocycles. The molecular weight excluding hydrogens is 255 g/mol. The second-order valence-electron chi connectivity index (χ2n) is 4.64. The van der Waals surface area contributed by atoms with Crippen molar-refractivity contribution < 1.29 is 4.39 Å². The third-order valence-corrected chi connectivity index (χ3v) is 2.94. The normalized spacial score (nSPS) is 11.9. The molecule has 1 aromatic carbocycles. The van der Waals surface area contributed by atoms with Gasteiger partial charge in [-0.05, 0) is 31.0 Å². The molecule has 4 nitrogen and oxygen atoms in total. The molecule has 1 atom stereocenters. The van der Waals surface area contributed by atoms with Crippen LogP contribution in [0.1, 0.15) is 31.9 Å². The van der Waals surface area contributed by atoms with Gasteiger partial charge in [-0.25, -0.2) is 14.4 Å². The highest BCUT2D eigenvalue weighted by Crippen LogP contribution is 2.19. The zero-order chi connectivity index (χ0) is 14.4. The molecule has 1 aromatic heterocycles. The molecule has 0 radical (unpaired) electrons. The Bertz CT molecular complexity index is 559. The second kappa shape index (κ2) is 6.84. The fraction of sp³-hybridized carbons (Fsp3) is 0.333. The molecule has 2 rings (SSSR count). The zero-order valence-corrected chi connectivity index (χ0v) is 11.7. The van der Waals surface area contributed by atoms with E-state index in [0.29, 0.717) is 0 Å². The maximum atomic E-state index is 13.2. The fourth-order valence-electron chi connectivity index (χ4n) is 1.87. The molecule has 0 amide bonds. The minimum atomic E-state index is -0.232. The number of hydrogen-bond donors (Lipinski definition) is 2. The van der Waals surface area contributed by atoms with Gasteiger partial charge < -0.3 is 10.6 Å². The van der Waals surface area contributed by atoms with E-state index in [4.69, 9.17) is 0 Å². The highest BCUT2D eigenvalue weighted by molar-refractivity contribution is 5.47. The molecule has 0 spiro atoms. The summed E-state index contributed by atoms with van der Waals surface area (Å²) in [4.78, 5) is 8.33. The van der Waals surface area contributed by atoms with Crippen LogP contribution in [-0.2, 0) is 0 Å². The van der Waals surface area contributed by atoms with Crippen molar-refractivity contribution in [3.05, 3.63) is 48.0 Å². The van der Waals surface area contributed by atoms with Crippen LogP contribution in [0.25, 0.3) is 0 Å². The number of aromatic nitrogens is 2. The summed E-state index contributed by atoms with van der Waals surface area (Å²) < 4.78 is 13.2. The molecule has 1 unspecified atom stereocenters. The van der Waals surface area contributed by atoms with Crippen LogP contribution in [0.4, 0.5) is 16.0 Å². The number of anilines is 2. The van der Waals surface area contributed by atoms with Gasteiger partial charge in [0.15, 0.2) is 0 Å². The standard InChI is InChI=1S/C15H19FN4/c1-3-7-17-14-9-15(19-10-18-14)20-11(2)12-5-4-6-13(16)8-12/h4-6,8-11H,3,7H2,1-2H3,(H2,17,18,19,20). The molecule has 0 bridgehead atoms. The SMILES string of the molecule is CCCNc1cc(NC(C)c2cccc(F)c2)ncn1. The highest BCUT2D eigenvalue weighted by atomic mass is 19.1. The number of halogens is 1. The van der Waals surface area contributed by atoms with E-state index < -0.39 is 0 Å². The van der Waals surface area contributed by atoms with E-state index in [-0.39, 0.29) is 11.9 Å². The summed E-state index contributed by atoms with van der Waals surface area (Å²) in [6.07, 6.45) is 2.55. The number of benzene rings is 1. The third kappa shape index (κ3) is 3.91. The van der Waals surface area contributed by atoms with Crippen molar-refractivity contribution in [1.29, 1.82) is 0 Å². The van der Waals surface area contributed by atoms with E-state index in [1.807, 2.05) is 19.1 Å². The Balaban J connectivity index is 2.05. The van der Waals surface area contributed by atoms with Gasteiger partial charge in [-0.1, -0.05) is 19.1 Å². The summed E-state index contributed by atoms with van der Waals surface area (Å²) >= 11 is 0. The Hall–Kier alpha value is -2.17. The summed E-state index contributed by atoms with van der Waals surface area (Å²) in [5.41, 5.74) is 0.881. The van der Waals surface area contributed by atoms with Gasteiger partial charge in [0, 0.05) is 12.6 Å². The molecule has 0 aliphatic rings. The smallest absolute Gasteiger partial charge is 0.131 e. The maximum absolute atomic E-state index is 13.2. The fourth-order valence-corrected chi connectivity index (χ4v) is 1.87.